The molecule has 1 N–H and O–H groups in total. The van der Waals surface area contributed by atoms with Gasteiger partial charge in [-0.05, 0) is 73.7 Å². The van der Waals surface area contributed by atoms with E-state index in [0.717, 1.165) is 44.7 Å². The predicted molar refractivity (Wildman–Crippen MR) is 160 cm³/mol. The molecule has 196 valence electrons. The summed E-state index contributed by atoms with van der Waals surface area (Å²) in [6, 6.07) is 25.4. The molecular weight excluding hydrogens is 496 g/mol. The fourth-order valence-electron chi connectivity index (χ4n) is 5.09. The van der Waals surface area contributed by atoms with Gasteiger partial charge in [-0.25, -0.2) is 9.97 Å². The van der Waals surface area contributed by atoms with Gasteiger partial charge in [0.25, 0.3) is 5.56 Å². The van der Waals surface area contributed by atoms with Crippen LogP contribution in [0.1, 0.15) is 30.2 Å². The van der Waals surface area contributed by atoms with Crippen molar-refractivity contribution in [3.05, 3.63) is 131 Å². The summed E-state index contributed by atoms with van der Waals surface area (Å²) in [5.41, 5.74) is 6.04. The monoisotopic (exact) mass is 524 g/mol. The predicted octanol–water partition coefficient (Wildman–Crippen LogP) is 6.69. The normalized spacial score (nSPS) is 11.9. The number of nitrogens with zero attached hydrogens (tertiary/aromatic N) is 5. The number of benzene rings is 2. The number of aryl methyl sites for hydroxylation is 2. The molecule has 0 aliphatic rings. The number of anilines is 1. The first-order chi connectivity index (χ1) is 19.5. The van der Waals surface area contributed by atoms with Gasteiger partial charge < -0.3 is 5.32 Å². The fourth-order valence-corrected chi connectivity index (χ4v) is 5.09. The fraction of sp³-hybridized carbons (Fsp3) is 0.121. The quantitative estimate of drug-likeness (QED) is 0.261. The molecule has 7 heteroatoms. The van der Waals surface area contributed by atoms with Crippen molar-refractivity contribution < 1.29 is 0 Å². The number of nitrogens with one attached hydrogen (secondary N) is 1. The van der Waals surface area contributed by atoms with E-state index in [1.54, 1.807) is 23.2 Å². The lowest BCUT2D eigenvalue weighted by molar-refractivity contribution is 0.772. The van der Waals surface area contributed by atoms with Gasteiger partial charge in [-0.2, -0.15) is 0 Å². The lowest BCUT2D eigenvalue weighted by Crippen LogP contribution is -2.26. The summed E-state index contributed by atoms with van der Waals surface area (Å²) in [6.07, 6.45) is 7.12. The zero-order chi connectivity index (χ0) is 27.6. The molecule has 0 spiro atoms. The van der Waals surface area contributed by atoms with Crippen LogP contribution in [0.25, 0.3) is 38.7 Å². The van der Waals surface area contributed by atoms with E-state index in [1.165, 1.54) is 0 Å². The highest BCUT2D eigenvalue weighted by Gasteiger charge is 2.20. The van der Waals surface area contributed by atoms with Crippen LogP contribution in [-0.2, 0) is 0 Å². The number of hydrogen-bond donors (Lipinski definition) is 1. The van der Waals surface area contributed by atoms with Crippen molar-refractivity contribution in [3.63, 3.8) is 0 Å². The molecule has 6 rings (SSSR count). The van der Waals surface area contributed by atoms with E-state index in [9.17, 15) is 4.79 Å². The minimum atomic E-state index is -0.270. The average Bonchev–Trinajstić information content (AvgIpc) is 2.97. The second-order valence-electron chi connectivity index (χ2n) is 9.79. The van der Waals surface area contributed by atoms with Crippen LogP contribution in [-0.4, -0.2) is 24.5 Å². The van der Waals surface area contributed by atoms with Crippen molar-refractivity contribution in [2.75, 3.05) is 5.32 Å². The molecule has 7 nitrogen and oxygen atoms in total. The van der Waals surface area contributed by atoms with Crippen molar-refractivity contribution in [1.82, 2.24) is 24.5 Å². The maximum absolute atomic E-state index is 14.4. The molecule has 0 fully saturated rings. The standard InChI is InChI=1S/C33H28N6O/c1-21-17-24(14-16-35-21)28-13-7-9-25-18-30(39(33(40)31(25)28)27-11-5-4-6-12-27)22(2)37-32-29(20-36-23(3)38-32)26-10-8-15-34-19-26/h4-20,22H,1-3H3,(H,36,37,38)/t22-/m0/s1. The van der Waals surface area contributed by atoms with E-state index < -0.39 is 0 Å². The Hall–Kier alpha value is -5.17. The molecule has 0 saturated carbocycles. The number of aromatic nitrogens is 5. The van der Waals surface area contributed by atoms with Crippen LogP contribution in [0.3, 0.4) is 0 Å². The van der Waals surface area contributed by atoms with Crippen LogP contribution in [0.4, 0.5) is 5.82 Å². The Kier molecular flexibility index (Phi) is 6.62. The third-order valence-electron chi connectivity index (χ3n) is 6.98. The first-order valence-electron chi connectivity index (χ1n) is 13.2. The largest absolute Gasteiger partial charge is 0.361 e. The van der Waals surface area contributed by atoms with E-state index in [-0.39, 0.29) is 11.6 Å². The first-order valence-corrected chi connectivity index (χ1v) is 13.2. The molecule has 1 atom stereocenters. The van der Waals surface area contributed by atoms with Crippen LogP contribution in [0.15, 0.2) is 108 Å². The Morgan fingerprint density at radius 3 is 2.42 bits per heavy atom. The Morgan fingerprint density at radius 1 is 0.800 bits per heavy atom. The molecule has 4 heterocycles. The van der Waals surface area contributed by atoms with Crippen LogP contribution >= 0.6 is 0 Å². The highest BCUT2D eigenvalue weighted by molar-refractivity contribution is 5.96. The van der Waals surface area contributed by atoms with Gasteiger partial charge in [0.1, 0.15) is 11.6 Å². The maximum Gasteiger partial charge on any atom is 0.263 e. The van der Waals surface area contributed by atoms with Gasteiger partial charge in [-0.1, -0.05) is 42.5 Å². The Bertz CT molecular complexity index is 1880. The molecule has 0 radical (unpaired) electrons. The highest BCUT2D eigenvalue weighted by atomic mass is 16.1. The van der Waals surface area contributed by atoms with Crippen LogP contribution in [0, 0.1) is 13.8 Å². The van der Waals surface area contributed by atoms with Crippen molar-refractivity contribution in [3.8, 4) is 27.9 Å². The lowest BCUT2D eigenvalue weighted by atomic mass is 9.98. The number of para-hydroxylation sites is 1. The molecule has 0 amide bonds. The molecule has 0 aliphatic carbocycles. The molecule has 0 unspecified atom stereocenters. The first kappa shape index (κ1) is 25.1. The zero-order valence-corrected chi connectivity index (χ0v) is 22.5. The van der Waals surface area contributed by atoms with Gasteiger partial charge in [0.2, 0.25) is 0 Å². The molecule has 0 saturated heterocycles. The van der Waals surface area contributed by atoms with Crippen LogP contribution < -0.4 is 10.9 Å². The highest BCUT2D eigenvalue weighted by Crippen LogP contribution is 2.32. The second kappa shape index (κ2) is 10.5. The third-order valence-corrected chi connectivity index (χ3v) is 6.98. The second-order valence-corrected chi connectivity index (χ2v) is 9.79. The van der Waals surface area contributed by atoms with Gasteiger partial charge in [0, 0.05) is 53.0 Å². The van der Waals surface area contributed by atoms with Gasteiger partial charge in [-0.3, -0.25) is 19.3 Å². The van der Waals surface area contributed by atoms with E-state index in [1.807, 2.05) is 99.8 Å². The summed E-state index contributed by atoms with van der Waals surface area (Å²) in [5, 5.41) is 5.12. The van der Waals surface area contributed by atoms with Gasteiger partial charge >= 0.3 is 0 Å². The average molecular weight is 525 g/mol. The SMILES string of the molecule is Cc1cc(-c2cccc3cc([C@H](C)Nc4nc(C)ncc4-c4cccnc4)n(-c4ccccc4)c(=O)c23)ccn1. The van der Waals surface area contributed by atoms with Gasteiger partial charge in [0.15, 0.2) is 0 Å². The minimum absolute atomic E-state index is 0.0798. The Balaban J connectivity index is 1.54. The number of rotatable bonds is 6. The van der Waals surface area contributed by atoms with E-state index in [2.05, 4.69) is 26.3 Å². The molecule has 40 heavy (non-hydrogen) atoms. The summed E-state index contributed by atoms with van der Waals surface area (Å²) < 4.78 is 1.80. The number of fused-ring (bicyclic) bond motifs is 1. The Morgan fingerprint density at radius 2 is 1.65 bits per heavy atom. The number of pyridine rings is 3. The van der Waals surface area contributed by atoms with Gasteiger partial charge in [-0.15, -0.1) is 0 Å². The molecular formula is C33H28N6O. The smallest absolute Gasteiger partial charge is 0.263 e. The van der Waals surface area contributed by atoms with E-state index >= 15 is 0 Å². The Labute approximate surface area is 232 Å². The van der Waals surface area contributed by atoms with Crippen LogP contribution in [0.5, 0.6) is 0 Å². The zero-order valence-electron chi connectivity index (χ0n) is 22.5. The van der Waals surface area contributed by atoms with E-state index in [4.69, 9.17) is 4.98 Å². The van der Waals surface area contributed by atoms with Crippen molar-refractivity contribution >= 4 is 16.6 Å². The lowest BCUT2D eigenvalue weighted by Gasteiger charge is -2.23. The summed E-state index contributed by atoms with van der Waals surface area (Å²) in [7, 11) is 0. The topological polar surface area (TPSA) is 85.6 Å². The van der Waals surface area contributed by atoms with Gasteiger partial charge in [0.05, 0.1) is 11.4 Å². The molecule has 2 aromatic carbocycles. The molecule has 4 aromatic heterocycles. The molecule has 0 bridgehead atoms. The minimum Gasteiger partial charge on any atom is -0.361 e. The maximum atomic E-state index is 14.4. The summed E-state index contributed by atoms with van der Waals surface area (Å²) in [5.74, 6) is 1.33. The molecule has 0 aliphatic heterocycles. The third kappa shape index (κ3) is 4.73. The summed E-state index contributed by atoms with van der Waals surface area (Å²) in [6.45, 7) is 5.86. The summed E-state index contributed by atoms with van der Waals surface area (Å²) in [4.78, 5) is 32.2. The summed E-state index contributed by atoms with van der Waals surface area (Å²) >= 11 is 0. The van der Waals surface area contributed by atoms with Crippen molar-refractivity contribution in [2.45, 2.75) is 26.8 Å². The van der Waals surface area contributed by atoms with E-state index in [0.29, 0.717) is 17.0 Å². The van der Waals surface area contributed by atoms with Crippen LogP contribution in [0.2, 0.25) is 0 Å². The van der Waals surface area contributed by atoms with Crippen molar-refractivity contribution in [1.29, 1.82) is 0 Å². The van der Waals surface area contributed by atoms with Crippen molar-refractivity contribution in [2.24, 2.45) is 0 Å². The molecule has 6 aromatic rings. The number of hydrogen-bond acceptors (Lipinski definition) is 6.